The summed E-state index contributed by atoms with van der Waals surface area (Å²) in [6, 6.07) is 0. The predicted molar refractivity (Wildman–Crippen MR) is 84.6 cm³/mol. The van der Waals surface area contributed by atoms with Crippen molar-refractivity contribution >= 4 is 12.1 Å². The quantitative estimate of drug-likeness (QED) is 0.699. The normalized spacial score (nSPS) is 25.5. The fourth-order valence-corrected chi connectivity index (χ4v) is 3.13. The minimum Gasteiger partial charge on any atom is -0.481 e. The molecule has 1 amide bonds. The molecule has 0 unspecified atom stereocenters. The third kappa shape index (κ3) is 6.64. The van der Waals surface area contributed by atoms with Crippen LogP contribution in [0, 0.1) is 11.3 Å². The number of carboxylic acids is 1. The maximum Gasteiger partial charge on any atom is 0.407 e. The van der Waals surface area contributed by atoms with Crippen LogP contribution >= 0.6 is 0 Å². The highest BCUT2D eigenvalue weighted by molar-refractivity contribution is 5.69. The summed E-state index contributed by atoms with van der Waals surface area (Å²) in [4.78, 5) is 23.0. The number of aliphatic carboxylic acids is 1. The molecule has 0 saturated heterocycles. The van der Waals surface area contributed by atoms with E-state index in [9.17, 15) is 14.7 Å². The van der Waals surface area contributed by atoms with Gasteiger partial charge in [0, 0.05) is 6.54 Å². The third-order valence-electron chi connectivity index (χ3n) is 4.27. The summed E-state index contributed by atoms with van der Waals surface area (Å²) in [7, 11) is 0. The molecule has 0 aromatic heterocycles. The van der Waals surface area contributed by atoms with Crippen molar-refractivity contribution in [1.82, 2.24) is 5.32 Å². The van der Waals surface area contributed by atoms with Crippen LogP contribution in [0.4, 0.5) is 4.79 Å². The van der Waals surface area contributed by atoms with Crippen LogP contribution in [0.1, 0.15) is 59.3 Å². The van der Waals surface area contributed by atoms with Gasteiger partial charge in [-0.1, -0.05) is 0 Å². The lowest BCUT2D eigenvalue weighted by atomic mass is 9.68. The summed E-state index contributed by atoms with van der Waals surface area (Å²) in [6.45, 7) is 6.43. The molecule has 0 heterocycles. The van der Waals surface area contributed by atoms with Crippen molar-refractivity contribution in [2.75, 3.05) is 13.1 Å². The molecule has 0 spiro atoms. The summed E-state index contributed by atoms with van der Waals surface area (Å²) >= 11 is 0. The van der Waals surface area contributed by atoms with Crippen LogP contribution in [0.15, 0.2) is 0 Å². The summed E-state index contributed by atoms with van der Waals surface area (Å²) in [6.07, 6.45) is 4.14. The van der Waals surface area contributed by atoms with E-state index in [1.54, 1.807) is 20.8 Å². The van der Waals surface area contributed by atoms with E-state index in [1.165, 1.54) is 0 Å². The van der Waals surface area contributed by atoms with Crippen LogP contribution in [0.2, 0.25) is 0 Å². The predicted octanol–water partition coefficient (Wildman–Crippen LogP) is 2.51. The minimum atomic E-state index is -0.816. The number of hydrogen-bond donors (Lipinski definition) is 3. The van der Waals surface area contributed by atoms with Gasteiger partial charge in [0.05, 0.1) is 6.42 Å². The number of carbonyl (C=O) groups excluding carboxylic acids is 1. The molecule has 0 atom stereocenters. The smallest absolute Gasteiger partial charge is 0.407 e. The van der Waals surface area contributed by atoms with Crippen molar-refractivity contribution < 1.29 is 19.4 Å². The second-order valence-electron chi connectivity index (χ2n) is 7.45. The molecule has 128 valence electrons. The standard InChI is InChI=1S/C16H30N2O4/c1-15(2,3)22-14(21)18-11-16(10-13(19)20)7-4-12(5-8-16)6-9-17/h12H,4-11,17H2,1-3H3,(H,18,21)(H,19,20). The summed E-state index contributed by atoms with van der Waals surface area (Å²) in [5.41, 5.74) is 4.68. The molecule has 6 heteroatoms. The Morgan fingerprint density at radius 1 is 1.32 bits per heavy atom. The number of nitrogens with two attached hydrogens (primary N) is 1. The SMILES string of the molecule is CC(C)(C)OC(=O)NCC1(CC(=O)O)CCC(CCN)CC1. The van der Waals surface area contributed by atoms with Crippen LogP contribution in [0.3, 0.4) is 0 Å². The van der Waals surface area contributed by atoms with Crippen molar-refractivity contribution in [3.63, 3.8) is 0 Å². The molecule has 0 aliphatic heterocycles. The Morgan fingerprint density at radius 2 is 1.91 bits per heavy atom. The van der Waals surface area contributed by atoms with Crippen molar-refractivity contribution in [1.29, 1.82) is 0 Å². The average Bonchev–Trinajstić information content (AvgIpc) is 2.37. The van der Waals surface area contributed by atoms with Gasteiger partial charge in [-0.2, -0.15) is 0 Å². The lowest BCUT2D eigenvalue weighted by Crippen LogP contribution is -2.43. The molecular weight excluding hydrogens is 284 g/mol. The van der Waals surface area contributed by atoms with E-state index in [0.717, 1.165) is 32.1 Å². The minimum absolute atomic E-state index is 0.0815. The van der Waals surface area contributed by atoms with E-state index in [0.29, 0.717) is 19.0 Å². The third-order valence-corrected chi connectivity index (χ3v) is 4.27. The molecule has 1 aliphatic rings. The second kappa shape index (κ2) is 7.81. The van der Waals surface area contributed by atoms with Gasteiger partial charge < -0.3 is 20.9 Å². The van der Waals surface area contributed by atoms with Gasteiger partial charge in [0.1, 0.15) is 5.60 Å². The zero-order chi connectivity index (χ0) is 16.8. The van der Waals surface area contributed by atoms with Gasteiger partial charge >= 0.3 is 12.1 Å². The molecule has 1 rings (SSSR count). The van der Waals surface area contributed by atoms with E-state index in [2.05, 4.69) is 5.32 Å². The van der Waals surface area contributed by atoms with E-state index in [4.69, 9.17) is 10.5 Å². The molecule has 4 N–H and O–H groups in total. The Bertz CT molecular complexity index is 382. The van der Waals surface area contributed by atoms with Crippen molar-refractivity contribution in [3.05, 3.63) is 0 Å². The zero-order valence-corrected chi connectivity index (χ0v) is 14.0. The number of rotatable bonds is 6. The van der Waals surface area contributed by atoms with Crippen LogP contribution in [0.5, 0.6) is 0 Å². The van der Waals surface area contributed by atoms with E-state index >= 15 is 0 Å². The number of amides is 1. The van der Waals surface area contributed by atoms with Crippen molar-refractivity contribution in [2.45, 2.75) is 64.9 Å². The summed E-state index contributed by atoms with van der Waals surface area (Å²) in [5.74, 6) is -0.239. The molecule has 1 fully saturated rings. The van der Waals surface area contributed by atoms with Gasteiger partial charge in [-0.05, 0) is 70.8 Å². The first kappa shape index (κ1) is 18.7. The molecule has 0 radical (unpaired) electrons. The number of ether oxygens (including phenoxy) is 1. The highest BCUT2D eigenvalue weighted by Gasteiger charge is 2.37. The monoisotopic (exact) mass is 314 g/mol. The highest BCUT2D eigenvalue weighted by Crippen LogP contribution is 2.42. The van der Waals surface area contributed by atoms with Gasteiger partial charge in [0.15, 0.2) is 0 Å². The van der Waals surface area contributed by atoms with Crippen molar-refractivity contribution in [3.8, 4) is 0 Å². The van der Waals surface area contributed by atoms with Crippen LogP contribution in [-0.4, -0.2) is 35.9 Å². The van der Waals surface area contributed by atoms with E-state index < -0.39 is 17.7 Å². The molecule has 1 saturated carbocycles. The Labute approximate surface area is 132 Å². The largest absolute Gasteiger partial charge is 0.481 e. The van der Waals surface area contributed by atoms with Gasteiger partial charge in [-0.3, -0.25) is 4.79 Å². The second-order valence-corrected chi connectivity index (χ2v) is 7.45. The summed E-state index contributed by atoms with van der Waals surface area (Å²) in [5, 5.41) is 11.9. The topological polar surface area (TPSA) is 102 Å². The number of carbonyl (C=O) groups is 2. The Kier molecular flexibility index (Phi) is 6.66. The van der Waals surface area contributed by atoms with Gasteiger partial charge in [-0.15, -0.1) is 0 Å². The Balaban J connectivity index is 2.58. The van der Waals surface area contributed by atoms with Crippen molar-refractivity contribution in [2.24, 2.45) is 17.1 Å². The van der Waals surface area contributed by atoms with E-state index in [-0.39, 0.29) is 11.8 Å². The molecule has 0 bridgehead atoms. The highest BCUT2D eigenvalue weighted by atomic mass is 16.6. The number of carboxylic acid groups (broad SMARTS) is 1. The van der Waals surface area contributed by atoms with Gasteiger partial charge in [0.2, 0.25) is 0 Å². The van der Waals surface area contributed by atoms with Gasteiger partial charge in [0.25, 0.3) is 0 Å². The van der Waals surface area contributed by atoms with E-state index in [1.807, 2.05) is 0 Å². The first-order valence-electron chi connectivity index (χ1n) is 8.04. The Morgan fingerprint density at radius 3 is 2.36 bits per heavy atom. The molecule has 6 nitrogen and oxygen atoms in total. The van der Waals surface area contributed by atoms with Crippen LogP contribution in [0.25, 0.3) is 0 Å². The molecule has 22 heavy (non-hydrogen) atoms. The summed E-state index contributed by atoms with van der Waals surface area (Å²) < 4.78 is 5.22. The fraction of sp³-hybridized carbons (Fsp3) is 0.875. The Hall–Kier alpha value is -1.30. The maximum absolute atomic E-state index is 11.8. The molecule has 0 aromatic rings. The first-order chi connectivity index (χ1) is 10.2. The number of nitrogens with one attached hydrogen (secondary N) is 1. The first-order valence-corrected chi connectivity index (χ1v) is 8.04. The molecular formula is C16H30N2O4. The number of hydrogen-bond acceptors (Lipinski definition) is 4. The molecule has 1 aliphatic carbocycles. The van der Waals surface area contributed by atoms with Crippen LogP contribution < -0.4 is 11.1 Å². The van der Waals surface area contributed by atoms with Crippen LogP contribution in [-0.2, 0) is 9.53 Å². The van der Waals surface area contributed by atoms with Gasteiger partial charge in [-0.25, -0.2) is 4.79 Å². The average molecular weight is 314 g/mol. The number of alkyl carbamates (subject to hydrolysis) is 1. The lowest BCUT2D eigenvalue weighted by molar-refractivity contribution is -0.140. The maximum atomic E-state index is 11.8. The molecule has 0 aromatic carbocycles. The fourth-order valence-electron chi connectivity index (χ4n) is 3.13. The zero-order valence-electron chi connectivity index (χ0n) is 14.0. The lowest BCUT2D eigenvalue weighted by Gasteiger charge is -2.39.